The number of aromatic carboxylic acids is 1. The molecule has 0 saturated carbocycles. The molecule has 4 aromatic carbocycles. The SMILES string of the molecule is NC[C@@H]1CCCOC1.O=C(NC[C@@H]1CCCOC1)c1ccc(C#Cc2ccc(F)cc2F)cc1.O=C(O)c1ccc(C#Cc2ccc(F)cc2F)cc1. The molecule has 4 aromatic rings. The van der Waals surface area contributed by atoms with Gasteiger partial charge in [0.05, 0.1) is 29.9 Å². The topological polar surface area (TPSA) is 111 Å². The van der Waals surface area contributed by atoms with Gasteiger partial charge in [0.1, 0.15) is 23.3 Å². The van der Waals surface area contributed by atoms with Crippen LogP contribution in [0.2, 0.25) is 0 Å². The van der Waals surface area contributed by atoms with E-state index in [2.05, 4.69) is 29.0 Å². The zero-order chi connectivity index (χ0) is 38.0. The average molecular weight is 729 g/mol. The van der Waals surface area contributed by atoms with Gasteiger partial charge in [-0.15, -0.1) is 0 Å². The van der Waals surface area contributed by atoms with Gasteiger partial charge in [-0.3, -0.25) is 4.79 Å². The molecule has 0 aromatic heterocycles. The van der Waals surface area contributed by atoms with Crippen LogP contribution in [-0.2, 0) is 9.47 Å². The summed E-state index contributed by atoms with van der Waals surface area (Å²) in [5.41, 5.74) is 7.53. The number of ether oxygens (including phenoxy) is 2. The van der Waals surface area contributed by atoms with E-state index in [0.717, 1.165) is 63.5 Å². The van der Waals surface area contributed by atoms with E-state index in [0.29, 0.717) is 41.7 Å². The zero-order valence-electron chi connectivity index (χ0n) is 29.0. The summed E-state index contributed by atoms with van der Waals surface area (Å²) in [4.78, 5) is 22.8. The maximum absolute atomic E-state index is 13.6. The Labute approximate surface area is 306 Å². The van der Waals surface area contributed by atoms with Crippen molar-refractivity contribution >= 4 is 11.9 Å². The maximum Gasteiger partial charge on any atom is 0.335 e. The van der Waals surface area contributed by atoms with Crippen LogP contribution in [0.25, 0.3) is 0 Å². The van der Waals surface area contributed by atoms with Crippen LogP contribution >= 0.6 is 0 Å². The molecular weight excluding hydrogens is 688 g/mol. The van der Waals surface area contributed by atoms with Crippen molar-refractivity contribution in [1.29, 1.82) is 0 Å². The normalized spacial score (nSPS) is 16.1. The van der Waals surface area contributed by atoms with Gasteiger partial charge in [0.15, 0.2) is 0 Å². The molecule has 0 radical (unpaired) electrons. The Balaban J connectivity index is 0.000000202. The molecule has 2 heterocycles. The molecule has 2 atom stereocenters. The van der Waals surface area contributed by atoms with Gasteiger partial charge in [0.2, 0.25) is 0 Å². The van der Waals surface area contributed by atoms with E-state index < -0.39 is 29.2 Å². The highest BCUT2D eigenvalue weighted by molar-refractivity contribution is 5.94. The van der Waals surface area contributed by atoms with Gasteiger partial charge in [-0.25, -0.2) is 22.4 Å². The number of nitrogens with one attached hydrogen (secondary N) is 1. The number of amides is 1. The number of carbonyl (C=O) groups excluding carboxylic acids is 1. The third kappa shape index (κ3) is 13.9. The number of carbonyl (C=O) groups is 2. The predicted molar refractivity (Wildman–Crippen MR) is 193 cm³/mol. The molecular formula is C42H40F4N2O5. The molecule has 7 nitrogen and oxygen atoms in total. The fraction of sp³-hybridized carbons (Fsp3) is 0.286. The van der Waals surface area contributed by atoms with Gasteiger partial charge in [-0.1, -0.05) is 23.7 Å². The molecule has 2 saturated heterocycles. The summed E-state index contributed by atoms with van der Waals surface area (Å²) in [7, 11) is 0. The van der Waals surface area contributed by atoms with Gasteiger partial charge in [0, 0.05) is 48.6 Å². The molecule has 2 aliphatic heterocycles. The minimum absolute atomic E-state index is 0.0868. The fourth-order valence-electron chi connectivity index (χ4n) is 5.16. The molecule has 6 rings (SSSR count). The summed E-state index contributed by atoms with van der Waals surface area (Å²) in [6, 6.07) is 19.0. The first-order valence-corrected chi connectivity index (χ1v) is 17.1. The summed E-state index contributed by atoms with van der Waals surface area (Å²) >= 11 is 0. The van der Waals surface area contributed by atoms with Crippen LogP contribution < -0.4 is 11.1 Å². The largest absolute Gasteiger partial charge is 0.478 e. The molecule has 11 heteroatoms. The van der Waals surface area contributed by atoms with Crippen molar-refractivity contribution in [3.05, 3.63) is 142 Å². The third-order valence-corrected chi connectivity index (χ3v) is 8.22. The second-order valence-corrected chi connectivity index (χ2v) is 12.3. The summed E-state index contributed by atoms with van der Waals surface area (Å²) in [6.45, 7) is 4.71. The number of hydrogen-bond donors (Lipinski definition) is 3. The van der Waals surface area contributed by atoms with E-state index >= 15 is 0 Å². The van der Waals surface area contributed by atoms with Crippen LogP contribution in [0.1, 0.15) is 68.7 Å². The molecule has 53 heavy (non-hydrogen) atoms. The van der Waals surface area contributed by atoms with Gasteiger partial charge in [-0.2, -0.15) is 0 Å². The summed E-state index contributed by atoms with van der Waals surface area (Å²) in [5.74, 6) is 7.85. The van der Waals surface area contributed by atoms with Crippen molar-refractivity contribution in [1.82, 2.24) is 5.32 Å². The Morgan fingerprint density at radius 2 is 1.15 bits per heavy atom. The van der Waals surface area contributed by atoms with E-state index in [-0.39, 0.29) is 22.6 Å². The molecule has 1 amide bonds. The molecule has 276 valence electrons. The molecule has 2 aliphatic rings. The van der Waals surface area contributed by atoms with Crippen LogP contribution in [0.15, 0.2) is 84.9 Å². The Morgan fingerprint density at radius 1 is 0.679 bits per heavy atom. The number of benzene rings is 4. The summed E-state index contributed by atoms with van der Waals surface area (Å²) in [5, 5.41) is 11.6. The van der Waals surface area contributed by atoms with Crippen molar-refractivity contribution in [2.45, 2.75) is 25.7 Å². The first kappa shape index (κ1) is 40.3. The smallest absolute Gasteiger partial charge is 0.335 e. The van der Waals surface area contributed by atoms with Crippen molar-refractivity contribution in [3.63, 3.8) is 0 Å². The van der Waals surface area contributed by atoms with Gasteiger partial charge in [0.25, 0.3) is 5.91 Å². The van der Waals surface area contributed by atoms with Crippen molar-refractivity contribution < 1.29 is 41.7 Å². The second kappa shape index (κ2) is 21.2. The summed E-state index contributed by atoms with van der Waals surface area (Å²) in [6.07, 6.45) is 4.55. The minimum atomic E-state index is -1.02. The van der Waals surface area contributed by atoms with E-state index in [1.54, 1.807) is 24.3 Å². The molecule has 4 N–H and O–H groups in total. The third-order valence-electron chi connectivity index (χ3n) is 8.22. The second-order valence-electron chi connectivity index (χ2n) is 12.3. The minimum Gasteiger partial charge on any atom is -0.478 e. The lowest BCUT2D eigenvalue weighted by Crippen LogP contribution is -2.33. The van der Waals surface area contributed by atoms with E-state index in [9.17, 15) is 27.2 Å². The number of rotatable bonds is 5. The highest BCUT2D eigenvalue weighted by atomic mass is 19.1. The molecule has 0 unspecified atom stereocenters. The highest BCUT2D eigenvalue weighted by Gasteiger charge is 2.15. The first-order valence-electron chi connectivity index (χ1n) is 17.1. The number of nitrogens with two attached hydrogens (primary N) is 1. The Kier molecular flexibility index (Phi) is 16.1. The molecule has 0 bridgehead atoms. The van der Waals surface area contributed by atoms with Crippen molar-refractivity contribution in [3.8, 4) is 23.7 Å². The number of carboxylic acids is 1. The van der Waals surface area contributed by atoms with Crippen LogP contribution in [0.4, 0.5) is 17.6 Å². The lowest BCUT2D eigenvalue weighted by molar-refractivity contribution is 0.0536. The number of halogens is 4. The van der Waals surface area contributed by atoms with E-state index in [1.807, 2.05) is 0 Å². The Bertz CT molecular complexity index is 1940. The maximum atomic E-state index is 13.6. The summed E-state index contributed by atoms with van der Waals surface area (Å²) < 4.78 is 63.0. The van der Waals surface area contributed by atoms with Crippen LogP contribution in [-0.4, -0.2) is 56.5 Å². The quantitative estimate of drug-likeness (QED) is 0.152. The van der Waals surface area contributed by atoms with Crippen molar-refractivity contribution in [2.75, 3.05) is 39.5 Å². The lowest BCUT2D eigenvalue weighted by Gasteiger charge is -2.22. The average Bonchev–Trinajstić information content (AvgIpc) is 3.18. The predicted octanol–water partition coefficient (Wildman–Crippen LogP) is 6.96. The standard InChI is InChI=1S/C21H19F2NO2.C15H8F2O2.C6H13NO/c22-19-10-9-17(20(23)12-19)6-3-15-4-7-18(8-5-15)21(25)24-13-16-2-1-11-26-14-16;16-13-8-7-11(14(17)9-13)4-1-10-2-5-12(6-3-10)15(18)19;7-4-6-2-1-3-8-5-6/h4-5,7-10,12,16H,1-2,11,13-14H2,(H,24,25);2-3,5-9H,(H,18,19);6H,1-5,7H2/t16-;;6-/m0.0/s1. The number of carboxylic acid groups (broad SMARTS) is 1. The highest BCUT2D eigenvalue weighted by Crippen LogP contribution is 2.14. The van der Waals surface area contributed by atoms with Crippen LogP contribution in [0, 0.1) is 58.8 Å². The first-order chi connectivity index (χ1) is 25.6. The van der Waals surface area contributed by atoms with Gasteiger partial charge in [-0.05, 0) is 117 Å². The van der Waals surface area contributed by atoms with E-state index in [1.165, 1.54) is 49.2 Å². The van der Waals surface area contributed by atoms with Crippen LogP contribution in [0.5, 0.6) is 0 Å². The van der Waals surface area contributed by atoms with Gasteiger partial charge >= 0.3 is 5.97 Å². The van der Waals surface area contributed by atoms with Gasteiger partial charge < -0.3 is 25.6 Å². The monoisotopic (exact) mass is 728 g/mol. The van der Waals surface area contributed by atoms with Crippen molar-refractivity contribution in [2.24, 2.45) is 17.6 Å². The molecule has 0 spiro atoms. The fourth-order valence-corrected chi connectivity index (χ4v) is 5.16. The zero-order valence-corrected chi connectivity index (χ0v) is 29.0. The Morgan fingerprint density at radius 3 is 1.55 bits per heavy atom. The lowest BCUT2D eigenvalue weighted by atomic mass is 10.0. The Hall–Kier alpha value is -5.46. The number of hydrogen-bond acceptors (Lipinski definition) is 5. The van der Waals surface area contributed by atoms with E-state index in [4.69, 9.17) is 20.3 Å². The van der Waals surface area contributed by atoms with Crippen LogP contribution in [0.3, 0.4) is 0 Å². The molecule has 2 fully saturated rings. The molecule has 0 aliphatic carbocycles.